The highest BCUT2D eigenvalue weighted by molar-refractivity contribution is 7.15. The summed E-state index contributed by atoms with van der Waals surface area (Å²) >= 11 is 2.65. The summed E-state index contributed by atoms with van der Waals surface area (Å²) in [6, 6.07) is 11.8. The minimum absolute atomic E-state index is 0.277. The average molecular weight is 445 g/mol. The molecule has 150 valence electrons. The summed E-state index contributed by atoms with van der Waals surface area (Å²) in [5.41, 5.74) is -0.784. The maximum absolute atomic E-state index is 12.9. The molecule has 0 spiro atoms. The molecule has 30 heavy (non-hydrogen) atoms. The fraction of sp³-hybridized carbons (Fsp3) is 0.0500. The average Bonchev–Trinajstić information content (AvgIpc) is 3.48. The molecule has 0 fully saturated rings. The third-order valence-electron chi connectivity index (χ3n) is 4.30. The van der Waals surface area contributed by atoms with Gasteiger partial charge in [0.2, 0.25) is 4.96 Å². The van der Waals surface area contributed by atoms with Crippen molar-refractivity contribution in [1.82, 2.24) is 14.6 Å². The Hall–Kier alpha value is -3.24. The molecule has 0 N–H and O–H groups in total. The Morgan fingerprint density at radius 3 is 2.70 bits per heavy atom. The molecule has 0 unspecified atom stereocenters. The zero-order valence-electron chi connectivity index (χ0n) is 14.9. The van der Waals surface area contributed by atoms with Crippen LogP contribution in [0.2, 0.25) is 0 Å². The van der Waals surface area contributed by atoms with Crippen LogP contribution in [0.1, 0.15) is 11.3 Å². The van der Waals surface area contributed by atoms with Gasteiger partial charge in [-0.3, -0.25) is 4.79 Å². The molecule has 10 heteroatoms. The number of rotatable bonds is 3. The second-order valence-corrected chi connectivity index (χ2v) is 8.26. The van der Waals surface area contributed by atoms with Crippen molar-refractivity contribution in [1.29, 1.82) is 0 Å². The Kier molecular flexibility index (Phi) is 4.33. The van der Waals surface area contributed by atoms with Crippen molar-refractivity contribution < 1.29 is 17.6 Å². The van der Waals surface area contributed by atoms with Gasteiger partial charge in [0.05, 0.1) is 10.4 Å². The monoisotopic (exact) mass is 445 g/mol. The van der Waals surface area contributed by atoms with Gasteiger partial charge >= 0.3 is 6.18 Å². The summed E-state index contributed by atoms with van der Waals surface area (Å²) in [7, 11) is 0. The molecule has 0 aliphatic rings. The molecule has 0 aliphatic carbocycles. The van der Waals surface area contributed by atoms with E-state index in [0.717, 1.165) is 28.3 Å². The fourth-order valence-electron chi connectivity index (χ4n) is 2.91. The third-order valence-corrected chi connectivity index (χ3v) is 6.12. The van der Waals surface area contributed by atoms with Crippen molar-refractivity contribution in [2.75, 3.05) is 0 Å². The summed E-state index contributed by atoms with van der Waals surface area (Å²) in [6.07, 6.45) is -2.90. The third kappa shape index (κ3) is 3.33. The molecule has 0 aliphatic heterocycles. The van der Waals surface area contributed by atoms with Crippen LogP contribution in [-0.4, -0.2) is 14.6 Å². The number of furan rings is 1. The smallest absolute Gasteiger partial charge is 0.416 e. The molecule has 0 amide bonds. The summed E-state index contributed by atoms with van der Waals surface area (Å²) in [5.74, 6) is 1.12. The fourth-order valence-corrected chi connectivity index (χ4v) is 4.45. The topological polar surface area (TPSA) is 60.4 Å². The summed E-state index contributed by atoms with van der Waals surface area (Å²) in [6.45, 7) is 0. The molecule has 0 radical (unpaired) electrons. The van der Waals surface area contributed by atoms with Gasteiger partial charge in [0, 0.05) is 11.6 Å². The standard InChI is InChI=1S/C20H10F3N3O2S2/c21-20(22,23)12-4-1-3-11(9-12)14-7-6-13(28-14)10-16-18(27)26-19(30-16)24-17(25-26)15-5-2-8-29-15/h1-10H. The van der Waals surface area contributed by atoms with Crippen LogP contribution < -0.4 is 10.1 Å². The van der Waals surface area contributed by atoms with Crippen LogP contribution in [0.15, 0.2) is 63.1 Å². The van der Waals surface area contributed by atoms with Crippen molar-refractivity contribution in [3.05, 3.63) is 80.1 Å². The van der Waals surface area contributed by atoms with E-state index in [1.165, 1.54) is 34.1 Å². The Morgan fingerprint density at radius 2 is 1.97 bits per heavy atom. The van der Waals surface area contributed by atoms with Crippen molar-refractivity contribution >= 4 is 33.7 Å². The number of aromatic nitrogens is 3. The molecular weight excluding hydrogens is 435 g/mol. The lowest BCUT2D eigenvalue weighted by Crippen LogP contribution is -2.23. The Balaban J connectivity index is 1.50. The first-order valence-corrected chi connectivity index (χ1v) is 10.3. The minimum Gasteiger partial charge on any atom is -0.457 e. The molecule has 0 saturated carbocycles. The van der Waals surface area contributed by atoms with E-state index in [1.807, 2.05) is 17.5 Å². The predicted molar refractivity (Wildman–Crippen MR) is 108 cm³/mol. The number of nitrogens with zero attached hydrogens (tertiary/aromatic N) is 3. The van der Waals surface area contributed by atoms with E-state index >= 15 is 0 Å². The van der Waals surface area contributed by atoms with Crippen LogP contribution >= 0.6 is 22.7 Å². The van der Waals surface area contributed by atoms with Crippen LogP contribution in [-0.2, 0) is 6.18 Å². The van der Waals surface area contributed by atoms with E-state index in [0.29, 0.717) is 26.6 Å². The maximum Gasteiger partial charge on any atom is 0.416 e. The Bertz CT molecular complexity index is 1460. The second-order valence-electron chi connectivity index (χ2n) is 6.30. The van der Waals surface area contributed by atoms with Crippen molar-refractivity contribution in [3.63, 3.8) is 0 Å². The van der Waals surface area contributed by atoms with E-state index < -0.39 is 11.7 Å². The Labute approximate surface area is 174 Å². The van der Waals surface area contributed by atoms with Gasteiger partial charge in [-0.1, -0.05) is 29.5 Å². The summed E-state index contributed by atoms with van der Waals surface area (Å²) in [4.78, 5) is 18.3. The van der Waals surface area contributed by atoms with Crippen molar-refractivity contribution in [3.8, 4) is 22.0 Å². The molecular formula is C20H10F3N3O2S2. The van der Waals surface area contributed by atoms with Crippen LogP contribution in [0.5, 0.6) is 0 Å². The largest absolute Gasteiger partial charge is 0.457 e. The molecule has 5 rings (SSSR count). The van der Waals surface area contributed by atoms with E-state index in [1.54, 1.807) is 12.1 Å². The number of halogens is 3. The normalized spacial score (nSPS) is 12.8. The highest BCUT2D eigenvalue weighted by atomic mass is 32.1. The number of fused-ring (bicyclic) bond motifs is 1. The molecule has 4 aromatic heterocycles. The molecule has 1 aromatic carbocycles. The van der Waals surface area contributed by atoms with Gasteiger partial charge in [0.15, 0.2) is 5.82 Å². The quantitative estimate of drug-likeness (QED) is 0.404. The summed E-state index contributed by atoms with van der Waals surface area (Å²) in [5, 5.41) is 6.16. The van der Waals surface area contributed by atoms with Gasteiger partial charge in [-0.05, 0) is 35.7 Å². The molecule has 5 aromatic rings. The molecule has 0 saturated heterocycles. The molecule has 4 heterocycles. The first kappa shape index (κ1) is 18.8. The molecule has 5 nitrogen and oxygen atoms in total. The number of alkyl halides is 3. The first-order valence-electron chi connectivity index (χ1n) is 8.61. The highest BCUT2D eigenvalue weighted by Crippen LogP contribution is 2.32. The lowest BCUT2D eigenvalue weighted by atomic mass is 10.1. The Morgan fingerprint density at radius 1 is 1.10 bits per heavy atom. The van der Waals surface area contributed by atoms with Gasteiger partial charge in [-0.2, -0.15) is 22.7 Å². The van der Waals surface area contributed by atoms with Gasteiger partial charge in [0.25, 0.3) is 5.56 Å². The first-order chi connectivity index (χ1) is 14.4. The van der Waals surface area contributed by atoms with E-state index in [4.69, 9.17) is 4.42 Å². The van der Waals surface area contributed by atoms with Crippen molar-refractivity contribution in [2.24, 2.45) is 0 Å². The van der Waals surface area contributed by atoms with Crippen LogP contribution in [0.25, 0.3) is 33.1 Å². The van der Waals surface area contributed by atoms with Crippen LogP contribution in [0.3, 0.4) is 0 Å². The lowest BCUT2D eigenvalue weighted by Gasteiger charge is -2.07. The molecule has 0 bridgehead atoms. The zero-order chi connectivity index (χ0) is 20.9. The number of thiophene rings is 1. The number of thiazole rings is 1. The van der Waals surface area contributed by atoms with E-state index in [2.05, 4.69) is 10.1 Å². The SMILES string of the molecule is O=c1c(=Cc2ccc(-c3cccc(C(F)(F)F)c3)o2)sc2nc(-c3cccs3)nn12. The second kappa shape index (κ2) is 6.92. The lowest BCUT2D eigenvalue weighted by molar-refractivity contribution is -0.137. The zero-order valence-corrected chi connectivity index (χ0v) is 16.5. The number of hydrogen-bond donors (Lipinski definition) is 0. The maximum atomic E-state index is 12.9. The van der Waals surface area contributed by atoms with Gasteiger partial charge in [0.1, 0.15) is 16.1 Å². The van der Waals surface area contributed by atoms with Gasteiger partial charge in [-0.25, -0.2) is 0 Å². The van der Waals surface area contributed by atoms with Crippen molar-refractivity contribution in [2.45, 2.75) is 6.18 Å². The number of benzene rings is 1. The molecule has 0 atom stereocenters. The van der Waals surface area contributed by atoms with Gasteiger partial charge in [-0.15, -0.1) is 16.4 Å². The van der Waals surface area contributed by atoms with Crippen LogP contribution in [0, 0.1) is 0 Å². The van der Waals surface area contributed by atoms with Gasteiger partial charge < -0.3 is 4.42 Å². The summed E-state index contributed by atoms with van der Waals surface area (Å²) < 4.78 is 46.0. The minimum atomic E-state index is -4.43. The highest BCUT2D eigenvalue weighted by Gasteiger charge is 2.30. The van der Waals surface area contributed by atoms with E-state index in [9.17, 15) is 18.0 Å². The van der Waals surface area contributed by atoms with Crippen LogP contribution in [0.4, 0.5) is 13.2 Å². The number of hydrogen-bond acceptors (Lipinski definition) is 6. The predicted octanol–water partition coefficient (Wildman–Crippen LogP) is 4.71. The van der Waals surface area contributed by atoms with E-state index in [-0.39, 0.29) is 11.3 Å².